The third-order valence-electron chi connectivity index (χ3n) is 4.99. The number of benzene rings is 3. The molecule has 0 unspecified atom stereocenters. The highest BCUT2D eigenvalue weighted by atomic mass is 15.3. The van der Waals surface area contributed by atoms with Crippen LogP contribution >= 0.6 is 0 Å². The van der Waals surface area contributed by atoms with E-state index in [1.807, 2.05) is 61.6 Å². The summed E-state index contributed by atoms with van der Waals surface area (Å²) in [4.78, 5) is 0. The molecular formula is C24H20N4. The molecule has 28 heavy (non-hydrogen) atoms. The van der Waals surface area contributed by atoms with Crippen LogP contribution in [-0.2, 0) is 12.6 Å². The van der Waals surface area contributed by atoms with Gasteiger partial charge in [0, 0.05) is 7.05 Å². The number of rotatable bonds is 5. The molecule has 4 aromatic rings. The van der Waals surface area contributed by atoms with Crippen LogP contribution < -0.4 is 5.32 Å². The van der Waals surface area contributed by atoms with Crippen molar-refractivity contribution in [2.45, 2.75) is 5.54 Å². The summed E-state index contributed by atoms with van der Waals surface area (Å²) in [5.74, 6) is 0.680. The highest BCUT2D eigenvalue weighted by molar-refractivity contribution is 5.62. The molecule has 0 saturated carbocycles. The Hall–Kier alpha value is -3.84. The summed E-state index contributed by atoms with van der Waals surface area (Å²) < 4.78 is 1.71. The normalized spacial score (nSPS) is 11.0. The van der Waals surface area contributed by atoms with E-state index in [0.717, 1.165) is 16.7 Å². The standard InChI is InChI=1S/C24H20N4/c1-28-23(19(17-25)18-26-28)27-24(20-11-5-2-6-12-20,21-13-7-3-8-14-21)22-15-9-4-10-16-22/h2-16,18,27H,1H3. The van der Waals surface area contributed by atoms with Crippen molar-refractivity contribution in [3.8, 4) is 6.07 Å². The van der Waals surface area contributed by atoms with Gasteiger partial charge in [-0.1, -0.05) is 91.0 Å². The van der Waals surface area contributed by atoms with Gasteiger partial charge in [0.25, 0.3) is 0 Å². The first-order valence-electron chi connectivity index (χ1n) is 9.12. The van der Waals surface area contributed by atoms with E-state index < -0.39 is 5.54 Å². The first kappa shape index (κ1) is 17.6. The molecule has 0 aliphatic carbocycles. The Balaban J connectivity index is 2.04. The second kappa shape index (κ2) is 7.42. The Kier molecular flexibility index (Phi) is 4.65. The fourth-order valence-electron chi connectivity index (χ4n) is 3.63. The number of hydrogen-bond donors (Lipinski definition) is 1. The fourth-order valence-corrected chi connectivity index (χ4v) is 3.63. The summed E-state index contributed by atoms with van der Waals surface area (Å²) >= 11 is 0. The topological polar surface area (TPSA) is 53.6 Å². The minimum atomic E-state index is -0.677. The lowest BCUT2D eigenvalue weighted by molar-refractivity contribution is 0.678. The van der Waals surface area contributed by atoms with Crippen LogP contribution in [-0.4, -0.2) is 9.78 Å². The Morgan fingerprint density at radius 1 is 0.786 bits per heavy atom. The van der Waals surface area contributed by atoms with Gasteiger partial charge in [0.15, 0.2) is 0 Å². The number of hydrogen-bond acceptors (Lipinski definition) is 3. The quantitative estimate of drug-likeness (QED) is 0.523. The van der Waals surface area contributed by atoms with Gasteiger partial charge in [-0.05, 0) is 16.7 Å². The van der Waals surface area contributed by atoms with Crippen molar-refractivity contribution in [2.24, 2.45) is 7.05 Å². The summed E-state index contributed by atoms with van der Waals surface area (Å²) in [5, 5.41) is 17.6. The number of anilines is 1. The van der Waals surface area contributed by atoms with Gasteiger partial charge in [-0.25, -0.2) is 0 Å². The van der Waals surface area contributed by atoms with Crippen molar-refractivity contribution in [3.05, 3.63) is 119 Å². The van der Waals surface area contributed by atoms with Gasteiger partial charge in [0.05, 0.1) is 6.20 Å². The summed E-state index contributed by atoms with van der Waals surface area (Å²) in [6, 6.07) is 33.1. The maximum Gasteiger partial charge on any atom is 0.143 e. The number of aryl methyl sites for hydroxylation is 1. The van der Waals surface area contributed by atoms with E-state index in [-0.39, 0.29) is 0 Å². The van der Waals surface area contributed by atoms with Crippen LogP contribution in [0.2, 0.25) is 0 Å². The second-order valence-corrected chi connectivity index (χ2v) is 6.62. The molecule has 4 rings (SSSR count). The minimum absolute atomic E-state index is 0.509. The summed E-state index contributed by atoms with van der Waals surface area (Å²) in [6.45, 7) is 0. The predicted molar refractivity (Wildman–Crippen MR) is 111 cm³/mol. The van der Waals surface area contributed by atoms with Gasteiger partial charge in [-0.15, -0.1) is 0 Å². The lowest BCUT2D eigenvalue weighted by atomic mass is 9.77. The summed E-state index contributed by atoms with van der Waals surface area (Å²) in [7, 11) is 1.84. The van der Waals surface area contributed by atoms with Crippen LogP contribution in [0, 0.1) is 11.3 Å². The van der Waals surface area contributed by atoms with Gasteiger partial charge in [0.1, 0.15) is 23.0 Å². The number of aromatic nitrogens is 2. The molecule has 0 fully saturated rings. The summed E-state index contributed by atoms with van der Waals surface area (Å²) in [5.41, 5.74) is 3.07. The molecule has 1 aromatic heterocycles. The fraction of sp³-hybridized carbons (Fsp3) is 0.0833. The average Bonchev–Trinajstić information content (AvgIpc) is 3.13. The molecule has 0 spiro atoms. The molecule has 3 aromatic carbocycles. The lowest BCUT2D eigenvalue weighted by Gasteiger charge is -2.37. The molecule has 0 bridgehead atoms. The Bertz CT molecular complexity index is 997. The molecule has 4 nitrogen and oxygen atoms in total. The molecule has 0 radical (unpaired) electrons. The Morgan fingerprint density at radius 3 is 1.61 bits per heavy atom. The highest BCUT2D eigenvalue weighted by Crippen LogP contribution is 2.40. The predicted octanol–water partition coefficient (Wildman–Crippen LogP) is 4.70. The largest absolute Gasteiger partial charge is 0.352 e. The number of nitrogens with one attached hydrogen (secondary N) is 1. The zero-order valence-electron chi connectivity index (χ0n) is 15.6. The van der Waals surface area contributed by atoms with E-state index >= 15 is 0 Å². The minimum Gasteiger partial charge on any atom is -0.352 e. The molecule has 0 amide bonds. The zero-order chi connectivity index (χ0) is 19.4. The van der Waals surface area contributed by atoms with Gasteiger partial charge in [-0.2, -0.15) is 10.4 Å². The van der Waals surface area contributed by atoms with Crippen LogP contribution in [0.1, 0.15) is 22.3 Å². The maximum absolute atomic E-state index is 9.60. The lowest BCUT2D eigenvalue weighted by Crippen LogP contribution is -2.39. The van der Waals surface area contributed by atoms with E-state index in [2.05, 4.69) is 52.9 Å². The van der Waals surface area contributed by atoms with Crippen molar-refractivity contribution in [1.82, 2.24) is 9.78 Å². The monoisotopic (exact) mass is 364 g/mol. The van der Waals surface area contributed by atoms with Crippen LogP contribution in [0.25, 0.3) is 0 Å². The van der Waals surface area contributed by atoms with Crippen molar-refractivity contribution in [2.75, 3.05) is 5.32 Å². The third kappa shape index (κ3) is 2.93. The molecule has 0 aliphatic heterocycles. The SMILES string of the molecule is Cn1ncc(C#N)c1NC(c1ccccc1)(c1ccccc1)c1ccccc1. The van der Waals surface area contributed by atoms with Crippen LogP contribution in [0.5, 0.6) is 0 Å². The van der Waals surface area contributed by atoms with E-state index in [0.29, 0.717) is 11.4 Å². The van der Waals surface area contributed by atoms with Crippen molar-refractivity contribution in [3.63, 3.8) is 0 Å². The Morgan fingerprint density at radius 2 is 1.21 bits per heavy atom. The molecular weight excluding hydrogens is 344 g/mol. The van der Waals surface area contributed by atoms with Crippen molar-refractivity contribution >= 4 is 5.82 Å². The van der Waals surface area contributed by atoms with E-state index in [1.165, 1.54) is 0 Å². The highest BCUT2D eigenvalue weighted by Gasteiger charge is 2.37. The molecule has 0 aliphatic rings. The van der Waals surface area contributed by atoms with Gasteiger partial charge >= 0.3 is 0 Å². The third-order valence-corrected chi connectivity index (χ3v) is 4.99. The average molecular weight is 364 g/mol. The van der Waals surface area contributed by atoms with E-state index in [9.17, 15) is 5.26 Å². The molecule has 136 valence electrons. The molecule has 1 N–H and O–H groups in total. The number of nitriles is 1. The Labute approximate surface area is 164 Å². The molecule has 0 saturated heterocycles. The van der Waals surface area contributed by atoms with Crippen molar-refractivity contribution < 1.29 is 0 Å². The van der Waals surface area contributed by atoms with E-state index in [4.69, 9.17) is 0 Å². The van der Waals surface area contributed by atoms with Crippen LogP contribution in [0.3, 0.4) is 0 Å². The first-order chi connectivity index (χ1) is 13.8. The van der Waals surface area contributed by atoms with Gasteiger partial charge in [-0.3, -0.25) is 4.68 Å². The van der Waals surface area contributed by atoms with Crippen LogP contribution in [0.15, 0.2) is 97.2 Å². The smallest absolute Gasteiger partial charge is 0.143 e. The van der Waals surface area contributed by atoms with Crippen LogP contribution in [0.4, 0.5) is 5.82 Å². The molecule has 4 heteroatoms. The molecule has 0 atom stereocenters. The van der Waals surface area contributed by atoms with Gasteiger partial charge in [0.2, 0.25) is 0 Å². The molecule has 1 heterocycles. The summed E-state index contributed by atoms with van der Waals surface area (Å²) in [6.07, 6.45) is 1.59. The van der Waals surface area contributed by atoms with Crippen molar-refractivity contribution in [1.29, 1.82) is 5.26 Å². The van der Waals surface area contributed by atoms with Gasteiger partial charge < -0.3 is 5.32 Å². The first-order valence-corrected chi connectivity index (χ1v) is 9.12. The van der Waals surface area contributed by atoms with E-state index in [1.54, 1.807) is 10.9 Å². The zero-order valence-corrected chi connectivity index (χ0v) is 15.6. The maximum atomic E-state index is 9.60. The number of nitrogens with zero attached hydrogens (tertiary/aromatic N) is 3. The second-order valence-electron chi connectivity index (χ2n) is 6.62.